The Morgan fingerprint density at radius 2 is 1.62 bits per heavy atom. The largest absolute Gasteiger partial charge is 0.493 e. The number of aromatic nitrogens is 3. The summed E-state index contributed by atoms with van der Waals surface area (Å²) in [6, 6.07) is 11.8. The normalized spacial score (nSPS) is 11.8. The van der Waals surface area contributed by atoms with E-state index in [-0.39, 0.29) is 11.3 Å². The van der Waals surface area contributed by atoms with E-state index in [0.29, 0.717) is 45.3 Å². The van der Waals surface area contributed by atoms with Crippen LogP contribution in [-0.2, 0) is 13.2 Å². The van der Waals surface area contributed by atoms with Gasteiger partial charge in [0.1, 0.15) is 5.82 Å². The number of ether oxygens (including phenoxy) is 3. The molecule has 0 bridgehead atoms. The number of benzene rings is 3. The van der Waals surface area contributed by atoms with Gasteiger partial charge in [-0.3, -0.25) is 4.79 Å². The van der Waals surface area contributed by atoms with Crippen LogP contribution in [0.15, 0.2) is 54.7 Å². The zero-order valence-corrected chi connectivity index (χ0v) is 20.4. The molecule has 0 aliphatic rings. The van der Waals surface area contributed by atoms with Gasteiger partial charge in [-0.05, 0) is 48.5 Å². The van der Waals surface area contributed by atoms with E-state index in [4.69, 9.17) is 14.2 Å². The molecule has 0 saturated heterocycles. The quantitative estimate of drug-likeness (QED) is 0.284. The Labute approximate surface area is 209 Å². The second-order valence-corrected chi connectivity index (χ2v) is 8.44. The molecule has 37 heavy (non-hydrogen) atoms. The van der Waals surface area contributed by atoms with E-state index in [1.54, 1.807) is 24.3 Å². The Kier molecular flexibility index (Phi) is 5.82. The van der Waals surface area contributed by atoms with Gasteiger partial charge in [0.05, 0.1) is 37.9 Å². The van der Waals surface area contributed by atoms with Gasteiger partial charge in [0.25, 0.3) is 0 Å². The van der Waals surface area contributed by atoms with Gasteiger partial charge in [-0.1, -0.05) is 0 Å². The lowest BCUT2D eigenvalue weighted by Gasteiger charge is -2.13. The van der Waals surface area contributed by atoms with Gasteiger partial charge < -0.3 is 23.8 Å². The highest BCUT2D eigenvalue weighted by molar-refractivity contribution is 6.12. The van der Waals surface area contributed by atoms with Crippen LogP contribution in [0.5, 0.6) is 17.2 Å². The van der Waals surface area contributed by atoms with E-state index in [1.807, 2.05) is 23.9 Å². The zero-order valence-electron chi connectivity index (χ0n) is 20.4. The van der Waals surface area contributed by atoms with Crippen LogP contribution in [0.3, 0.4) is 0 Å². The molecule has 0 unspecified atom stereocenters. The summed E-state index contributed by atoms with van der Waals surface area (Å²) in [4.78, 5) is 21.0. The average molecular weight is 509 g/mol. The average Bonchev–Trinajstić information content (AvgIpc) is 3.46. The number of H-pyrrole nitrogens is 1. The van der Waals surface area contributed by atoms with E-state index >= 15 is 0 Å². The third-order valence-corrected chi connectivity index (χ3v) is 6.24. The first-order chi connectivity index (χ1) is 17.6. The van der Waals surface area contributed by atoms with Crippen LogP contribution in [0, 0.1) is 0 Å². The molecule has 0 amide bonds. The fourth-order valence-corrected chi connectivity index (χ4v) is 4.41. The third-order valence-electron chi connectivity index (χ3n) is 6.24. The van der Waals surface area contributed by atoms with Gasteiger partial charge >= 0.3 is 6.18 Å². The summed E-state index contributed by atoms with van der Waals surface area (Å²) < 4.78 is 57.4. The van der Waals surface area contributed by atoms with Crippen LogP contribution in [0.4, 0.5) is 13.2 Å². The lowest BCUT2D eigenvalue weighted by atomic mass is 10.00. The monoisotopic (exact) mass is 509 g/mol. The van der Waals surface area contributed by atoms with Crippen molar-refractivity contribution in [1.82, 2.24) is 14.5 Å². The molecular weight excluding hydrogens is 487 g/mol. The standard InChI is InChI=1S/C27H22F3N3O4/c1-33-13-18(26-31-19-7-6-16(27(28,29)30)12-20(19)32-26)17-9-14(5-8-21(17)33)24(34)15-10-22(35-2)25(37-4)23(11-15)36-3/h5-13H,1-4H3,(H,31,32). The Balaban J connectivity index is 1.61. The smallest absolute Gasteiger partial charge is 0.416 e. The molecule has 5 aromatic rings. The molecule has 0 saturated carbocycles. The molecule has 3 aromatic carbocycles. The molecule has 190 valence electrons. The number of carbonyl (C=O) groups excluding carboxylic acids is 1. The Morgan fingerprint density at radius 1 is 0.919 bits per heavy atom. The minimum Gasteiger partial charge on any atom is -0.493 e. The summed E-state index contributed by atoms with van der Waals surface area (Å²) in [6.07, 6.45) is -2.64. The van der Waals surface area contributed by atoms with Crippen LogP contribution in [0.1, 0.15) is 21.5 Å². The van der Waals surface area contributed by atoms with Crippen molar-refractivity contribution in [2.45, 2.75) is 6.18 Å². The van der Waals surface area contributed by atoms with E-state index in [1.165, 1.54) is 27.4 Å². The SMILES string of the molecule is COc1cc(C(=O)c2ccc3c(c2)c(-c2nc4ccc(C(F)(F)F)cc4[nH]2)cn3C)cc(OC)c1OC. The van der Waals surface area contributed by atoms with Crippen molar-refractivity contribution in [1.29, 1.82) is 0 Å². The highest BCUT2D eigenvalue weighted by Crippen LogP contribution is 2.39. The number of halogens is 3. The van der Waals surface area contributed by atoms with Crippen LogP contribution in [0.2, 0.25) is 0 Å². The first-order valence-corrected chi connectivity index (χ1v) is 11.2. The summed E-state index contributed by atoms with van der Waals surface area (Å²) in [7, 11) is 6.27. The molecule has 2 aromatic heterocycles. The molecular formula is C27H22F3N3O4. The fraction of sp³-hybridized carbons (Fsp3) is 0.185. The summed E-state index contributed by atoms with van der Waals surface area (Å²) in [5.41, 5.74) is 2.15. The lowest BCUT2D eigenvalue weighted by Crippen LogP contribution is -2.04. The van der Waals surface area contributed by atoms with Crippen LogP contribution in [-0.4, -0.2) is 41.6 Å². The number of hydrogen-bond donors (Lipinski definition) is 1. The number of methoxy groups -OCH3 is 3. The molecule has 5 rings (SSSR count). The molecule has 1 N–H and O–H groups in total. The minimum absolute atomic E-state index is 0.268. The molecule has 0 aliphatic carbocycles. The topological polar surface area (TPSA) is 78.4 Å². The van der Waals surface area contributed by atoms with Gasteiger partial charge in [0.15, 0.2) is 17.3 Å². The van der Waals surface area contributed by atoms with Gasteiger partial charge in [-0.25, -0.2) is 4.98 Å². The van der Waals surface area contributed by atoms with Gasteiger partial charge in [-0.15, -0.1) is 0 Å². The second kappa shape index (κ2) is 8.88. The number of ketones is 1. The highest BCUT2D eigenvalue weighted by atomic mass is 19.4. The summed E-state index contributed by atoms with van der Waals surface area (Å²) in [5.74, 6) is 1.22. The van der Waals surface area contributed by atoms with Gasteiger partial charge in [0, 0.05) is 40.8 Å². The van der Waals surface area contributed by atoms with Gasteiger partial charge in [0.2, 0.25) is 5.75 Å². The van der Waals surface area contributed by atoms with Gasteiger partial charge in [-0.2, -0.15) is 13.2 Å². The van der Waals surface area contributed by atoms with Crippen molar-refractivity contribution in [3.63, 3.8) is 0 Å². The number of fused-ring (bicyclic) bond motifs is 2. The maximum atomic E-state index is 13.5. The third kappa shape index (κ3) is 4.14. The van der Waals surface area contributed by atoms with Crippen LogP contribution < -0.4 is 14.2 Å². The van der Waals surface area contributed by atoms with Crippen molar-refractivity contribution in [3.8, 4) is 28.6 Å². The highest BCUT2D eigenvalue weighted by Gasteiger charge is 2.31. The predicted octanol–water partition coefficient (Wildman–Crippen LogP) is 6.00. The lowest BCUT2D eigenvalue weighted by molar-refractivity contribution is -0.137. The first kappa shape index (κ1) is 24.2. The number of carbonyl (C=O) groups is 1. The summed E-state index contributed by atoms with van der Waals surface area (Å²) in [6.45, 7) is 0. The fourth-order valence-electron chi connectivity index (χ4n) is 4.41. The molecule has 0 fully saturated rings. The Morgan fingerprint density at radius 3 is 2.24 bits per heavy atom. The number of hydrogen-bond acceptors (Lipinski definition) is 5. The van der Waals surface area contributed by atoms with Crippen LogP contribution >= 0.6 is 0 Å². The molecule has 2 heterocycles. The Hall–Kier alpha value is -4.47. The molecule has 0 spiro atoms. The van der Waals surface area contributed by atoms with E-state index in [2.05, 4.69) is 9.97 Å². The maximum absolute atomic E-state index is 13.5. The molecule has 10 heteroatoms. The molecule has 0 aliphatic heterocycles. The second-order valence-electron chi connectivity index (χ2n) is 8.44. The Bertz CT molecular complexity index is 1640. The predicted molar refractivity (Wildman–Crippen MR) is 133 cm³/mol. The van der Waals surface area contributed by atoms with E-state index < -0.39 is 11.7 Å². The number of nitrogens with zero attached hydrogens (tertiary/aromatic N) is 2. The van der Waals surface area contributed by atoms with Crippen molar-refractivity contribution in [2.24, 2.45) is 7.05 Å². The number of imidazole rings is 1. The van der Waals surface area contributed by atoms with Crippen LogP contribution in [0.25, 0.3) is 33.3 Å². The van der Waals surface area contributed by atoms with Crippen molar-refractivity contribution >= 4 is 27.7 Å². The van der Waals surface area contributed by atoms with E-state index in [9.17, 15) is 18.0 Å². The van der Waals surface area contributed by atoms with Crippen molar-refractivity contribution in [3.05, 3.63) is 71.4 Å². The van der Waals surface area contributed by atoms with E-state index in [0.717, 1.165) is 23.0 Å². The number of rotatable bonds is 6. The maximum Gasteiger partial charge on any atom is 0.416 e. The summed E-state index contributed by atoms with van der Waals surface area (Å²) >= 11 is 0. The molecule has 7 nitrogen and oxygen atoms in total. The minimum atomic E-state index is -4.46. The number of aryl methyl sites for hydroxylation is 1. The number of aromatic amines is 1. The first-order valence-electron chi connectivity index (χ1n) is 11.2. The number of alkyl halides is 3. The molecule has 0 radical (unpaired) electrons. The zero-order chi connectivity index (χ0) is 26.5. The van der Waals surface area contributed by atoms with Crippen molar-refractivity contribution in [2.75, 3.05) is 21.3 Å². The van der Waals surface area contributed by atoms with Crippen molar-refractivity contribution < 1.29 is 32.2 Å². The summed E-state index contributed by atoms with van der Waals surface area (Å²) in [5, 5.41) is 0.718. The molecule has 0 atom stereocenters. The number of nitrogens with one attached hydrogen (secondary N) is 1.